The number of piperidine rings is 1. The molecule has 2 rings (SSSR count). The lowest BCUT2D eigenvalue weighted by molar-refractivity contribution is -0.119. The van der Waals surface area contributed by atoms with E-state index in [-0.39, 0.29) is 17.0 Å². The van der Waals surface area contributed by atoms with Crippen LogP contribution in [0.3, 0.4) is 0 Å². The van der Waals surface area contributed by atoms with Crippen LogP contribution in [0.1, 0.15) is 12.8 Å². The molecule has 1 saturated heterocycles. The SMILES string of the molecule is COCCS[C@@H]1CCCN(c2cccc(F)c2)C1=O. The van der Waals surface area contributed by atoms with E-state index in [9.17, 15) is 9.18 Å². The standard InChI is InChI=1S/C14H18FNO2S/c1-18-8-9-19-13-6-3-7-16(14(13)17)12-5-2-4-11(15)10-12/h2,4-5,10,13H,3,6-9H2,1H3/t13-/m1/s1. The predicted octanol–water partition coefficient (Wildman–Crippen LogP) is 2.70. The molecule has 0 unspecified atom stereocenters. The van der Waals surface area contributed by atoms with Crippen LogP contribution in [-0.4, -0.2) is 37.2 Å². The maximum atomic E-state index is 13.2. The van der Waals surface area contributed by atoms with Crippen LogP contribution in [0, 0.1) is 5.82 Å². The first-order valence-corrected chi connectivity index (χ1v) is 7.44. The lowest BCUT2D eigenvalue weighted by Crippen LogP contribution is -2.43. The molecule has 0 saturated carbocycles. The minimum atomic E-state index is -0.306. The number of anilines is 1. The van der Waals surface area contributed by atoms with E-state index in [0.29, 0.717) is 18.8 Å². The Balaban J connectivity index is 2.03. The quantitative estimate of drug-likeness (QED) is 0.778. The number of benzene rings is 1. The number of ether oxygens (including phenoxy) is 1. The Morgan fingerprint density at radius 1 is 1.53 bits per heavy atom. The van der Waals surface area contributed by atoms with Crippen molar-refractivity contribution in [1.29, 1.82) is 0 Å². The number of rotatable bonds is 5. The highest BCUT2D eigenvalue weighted by Gasteiger charge is 2.29. The van der Waals surface area contributed by atoms with E-state index in [1.807, 2.05) is 0 Å². The zero-order valence-electron chi connectivity index (χ0n) is 11.0. The molecule has 1 amide bonds. The number of amides is 1. The van der Waals surface area contributed by atoms with Gasteiger partial charge in [0.15, 0.2) is 0 Å². The highest BCUT2D eigenvalue weighted by atomic mass is 32.2. The van der Waals surface area contributed by atoms with Crippen LogP contribution in [0.15, 0.2) is 24.3 Å². The highest BCUT2D eigenvalue weighted by molar-refractivity contribution is 8.00. The van der Waals surface area contributed by atoms with Crippen LogP contribution in [0.25, 0.3) is 0 Å². The summed E-state index contributed by atoms with van der Waals surface area (Å²) >= 11 is 1.62. The van der Waals surface area contributed by atoms with Gasteiger partial charge in [-0.05, 0) is 31.0 Å². The average Bonchev–Trinajstić information content (AvgIpc) is 2.41. The molecule has 3 nitrogen and oxygen atoms in total. The second-order valence-electron chi connectivity index (χ2n) is 4.46. The van der Waals surface area contributed by atoms with Crippen molar-refractivity contribution in [3.63, 3.8) is 0 Å². The molecule has 0 bridgehead atoms. The Labute approximate surface area is 117 Å². The molecule has 0 N–H and O–H groups in total. The van der Waals surface area contributed by atoms with Crippen LogP contribution < -0.4 is 4.90 Å². The van der Waals surface area contributed by atoms with Crippen LogP contribution >= 0.6 is 11.8 Å². The Kier molecular flexibility index (Phi) is 5.22. The molecule has 1 aliphatic rings. The summed E-state index contributed by atoms with van der Waals surface area (Å²) in [4.78, 5) is 14.1. The summed E-state index contributed by atoms with van der Waals surface area (Å²) in [5.74, 6) is 0.585. The van der Waals surface area contributed by atoms with Crippen molar-refractivity contribution < 1.29 is 13.9 Å². The maximum absolute atomic E-state index is 13.2. The maximum Gasteiger partial charge on any atom is 0.240 e. The molecule has 0 radical (unpaired) electrons. The fourth-order valence-electron chi connectivity index (χ4n) is 2.17. The second kappa shape index (κ2) is 6.91. The second-order valence-corrected chi connectivity index (χ2v) is 5.77. The van der Waals surface area contributed by atoms with E-state index in [1.54, 1.807) is 35.9 Å². The zero-order chi connectivity index (χ0) is 13.7. The topological polar surface area (TPSA) is 29.5 Å². The largest absolute Gasteiger partial charge is 0.384 e. The molecule has 1 fully saturated rings. The summed E-state index contributed by atoms with van der Waals surface area (Å²) in [6.07, 6.45) is 1.84. The molecule has 1 aromatic rings. The molecular weight excluding hydrogens is 265 g/mol. The van der Waals surface area contributed by atoms with Crippen molar-refractivity contribution in [3.8, 4) is 0 Å². The molecule has 0 spiro atoms. The number of carbonyl (C=O) groups excluding carboxylic acids is 1. The Hall–Kier alpha value is -1.07. The van der Waals surface area contributed by atoms with Gasteiger partial charge in [0.05, 0.1) is 11.9 Å². The third-order valence-electron chi connectivity index (χ3n) is 3.12. The summed E-state index contributed by atoms with van der Waals surface area (Å²) in [5.41, 5.74) is 0.655. The number of halogens is 1. The van der Waals surface area contributed by atoms with E-state index in [1.165, 1.54) is 12.1 Å². The third kappa shape index (κ3) is 3.70. The van der Waals surface area contributed by atoms with Crippen molar-refractivity contribution in [2.45, 2.75) is 18.1 Å². The Bertz CT molecular complexity index is 441. The van der Waals surface area contributed by atoms with Gasteiger partial charge in [0.2, 0.25) is 5.91 Å². The number of hydrogen-bond donors (Lipinski definition) is 0. The number of thioether (sulfide) groups is 1. The van der Waals surface area contributed by atoms with Gasteiger partial charge in [-0.15, -0.1) is 11.8 Å². The van der Waals surface area contributed by atoms with Crippen molar-refractivity contribution in [2.24, 2.45) is 0 Å². The first-order chi connectivity index (χ1) is 9.22. The van der Waals surface area contributed by atoms with Gasteiger partial charge in [0, 0.05) is 25.1 Å². The molecule has 1 aliphatic heterocycles. The van der Waals surface area contributed by atoms with E-state index in [4.69, 9.17) is 4.74 Å². The minimum Gasteiger partial charge on any atom is -0.384 e. The van der Waals surface area contributed by atoms with Crippen LogP contribution in [0.4, 0.5) is 10.1 Å². The molecule has 1 heterocycles. The smallest absolute Gasteiger partial charge is 0.240 e. The summed E-state index contributed by atoms with van der Waals surface area (Å²) in [6, 6.07) is 6.23. The molecule has 1 atom stereocenters. The minimum absolute atomic E-state index is 0.0350. The Morgan fingerprint density at radius 2 is 2.37 bits per heavy atom. The monoisotopic (exact) mass is 283 g/mol. The van der Waals surface area contributed by atoms with E-state index in [0.717, 1.165) is 18.6 Å². The third-order valence-corrected chi connectivity index (χ3v) is 4.36. The number of nitrogens with zero attached hydrogens (tertiary/aromatic N) is 1. The lowest BCUT2D eigenvalue weighted by atomic mass is 10.1. The van der Waals surface area contributed by atoms with Crippen LogP contribution in [-0.2, 0) is 9.53 Å². The van der Waals surface area contributed by atoms with Gasteiger partial charge < -0.3 is 9.64 Å². The van der Waals surface area contributed by atoms with Crippen LogP contribution in [0.5, 0.6) is 0 Å². The van der Waals surface area contributed by atoms with Crippen molar-refractivity contribution in [3.05, 3.63) is 30.1 Å². The average molecular weight is 283 g/mol. The fourth-order valence-corrected chi connectivity index (χ4v) is 3.32. The molecule has 5 heteroatoms. The van der Waals surface area contributed by atoms with E-state index < -0.39 is 0 Å². The summed E-state index contributed by atoms with van der Waals surface area (Å²) in [5, 5.41) is -0.0350. The summed E-state index contributed by atoms with van der Waals surface area (Å²) < 4.78 is 18.2. The normalized spacial score (nSPS) is 19.8. The molecule has 0 aliphatic carbocycles. The van der Waals surface area contributed by atoms with Gasteiger partial charge in [-0.2, -0.15) is 0 Å². The van der Waals surface area contributed by atoms with Gasteiger partial charge in [-0.1, -0.05) is 6.07 Å². The number of hydrogen-bond acceptors (Lipinski definition) is 3. The molecule has 19 heavy (non-hydrogen) atoms. The molecule has 1 aromatic carbocycles. The number of carbonyl (C=O) groups is 1. The van der Waals surface area contributed by atoms with Crippen molar-refractivity contribution in [1.82, 2.24) is 0 Å². The highest BCUT2D eigenvalue weighted by Crippen LogP contribution is 2.28. The fraction of sp³-hybridized carbons (Fsp3) is 0.500. The zero-order valence-corrected chi connectivity index (χ0v) is 11.8. The first kappa shape index (κ1) is 14.3. The van der Waals surface area contributed by atoms with E-state index in [2.05, 4.69) is 0 Å². The predicted molar refractivity (Wildman–Crippen MR) is 76.1 cm³/mol. The Morgan fingerprint density at radius 3 is 3.11 bits per heavy atom. The van der Waals surface area contributed by atoms with Gasteiger partial charge in [0.1, 0.15) is 5.82 Å². The first-order valence-electron chi connectivity index (χ1n) is 6.40. The van der Waals surface area contributed by atoms with Crippen molar-refractivity contribution >= 4 is 23.4 Å². The van der Waals surface area contributed by atoms with Gasteiger partial charge in [0.25, 0.3) is 0 Å². The molecule has 104 valence electrons. The number of methoxy groups -OCH3 is 1. The molecular formula is C14H18FNO2S. The van der Waals surface area contributed by atoms with Gasteiger partial charge in [-0.3, -0.25) is 4.79 Å². The van der Waals surface area contributed by atoms with Gasteiger partial charge >= 0.3 is 0 Å². The summed E-state index contributed by atoms with van der Waals surface area (Å²) in [6.45, 7) is 1.32. The molecule has 0 aromatic heterocycles. The summed E-state index contributed by atoms with van der Waals surface area (Å²) in [7, 11) is 1.66. The lowest BCUT2D eigenvalue weighted by Gasteiger charge is -2.32. The van der Waals surface area contributed by atoms with Gasteiger partial charge in [-0.25, -0.2) is 4.39 Å². The van der Waals surface area contributed by atoms with Crippen LogP contribution in [0.2, 0.25) is 0 Å². The van der Waals surface area contributed by atoms with E-state index >= 15 is 0 Å². The van der Waals surface area contributed by atoms with Crippen molar-refractivity contribution in [2.75, 3.05) is 30.9 Å².